The van der Waals surface area contributed by atoms with Crippen LogP contribution in [0.1, 0.15) is 23.1 Å². The number of halogens is 6. The lowest BCUT2D eigenvalue weighted by atomic mass is 9.96. The molecule has 0 bridgehead atoms. The second-order valence-corrected chi connectivity index (χ2v) is 4.14. The molecule has 1 aromatic carbocycles. The summed E-state index contributed by atoms with van der Waals surface area (Å²) in [6, 6.07) is 3.02. The lowest BCUT2D eigenvalue weighted by molar-refractivity contribution is -0.143. The van der Waals surface area contributed by atoms with Gasteiger partial charge in [-0.1, -0.05) is 12.1 Å². The van der Waals surface area contributed by atoms with Gasteiger partial charge in [0.2, 0.25) is 0 Å². The zero-order valence-electron chi connectivity index (χ0n) is 11.0. The van der Waals surface area contributed by atoms with Gasteiger partial charge in [-0.25, -0.2) is 0 Å². The van der Waals surface area contributed by atoms with E-state index in [4.69, 9.17) is 11.0 Å². The predicted octanol–water partition coefficient (Wildman–Crippen LogP) is 4.49. The maximum atomic E-state index is 13.0. The van der Waals surface area contributed by atoms with Gasteiger partial charge in [-0.05, 0) is 35.5 Å². The van der Waals surface area contributed by atoms with Gasteiger partial charge in [0, 0.05) is 0 Å². The predicted molar refractivity (Wildman–Crippen MR) is 68.0 cm³/mol. The summed E-state index contributed by atoms with van der Waals surface area (Å²) >= 11 is 0. The molecule has 118 valence electrons. The molecule has 0 fully saturated rings. The summed E-state index contributed by atoms with van der Waals surface area (Å²) < 4.78 is 76.8. The second kappa shape index (κ2) is 6.56. The minimum absolute atomic E-state index is 0.0416. The van der Waals surface area contributed by atoms with E-state index in [2.05, 4.69) is 0 Å². The van der Waals surface area contributed by atoms with Crippen molar-refractivity contribution >= 4 is 5.57 Å². The molecule has 0 amide bonds. The fraction of sp³-hybridized carbons (Fsp3) is 0.214. The number of allylic oxidation sites excluding steroid dienone is 3. The summed E-state index contributed by atoms with van der Waals surface area (Å²) in [6.45, 7) is 0. The first kappa shape index (κ1) is 17.6. The van der Waals surface area contributed by atoms with Crippen molar-refractivity contribution in [1.82, 2.24) is 0 Å². The number of nitrogens with zero attached hydrogens (tertiary/aromatic N) is 1. The first-order chi connectivity index (χ1) is 10.1. The van der Waals surface area contributed by atoms with Gasteiger partial charge < -0.3 is 5.73 Å². The Kier molecular flexibility index (Phi) is 5.25. The molecule has 0 spiro atoms. The molecule has 0 heterocycles. The Morgan fingerprint density at radius 2 is 1.77 bits per heavy atom. The van der Waals surface area contributed by atoms with Crippen LogP contribution in [0.4, 0.5) is 26.3 Å². The standard InChI is InChI=1S/C14H10F6N2/c15-13(16,17)10-3-4-11(12(8-10)14(18,19)20)9(5-7-22)2-1-6-21/h2-5,7-8H,1,22H2/b7-5-,9-2+. The van der Waals surface area contributed by atoms with Crippen LogP contribution in [0, 0.1) is 11.3 Å². The first-order valence-corrected chi connectivity index (χ1v) is 5.85. The van der Waals surface area contributed by atoms with Crippen molar-refractivity contribution in [3.8, 4) is 6.07 Å². The molecule has 22 heavy (non-hydrogen) atoms. The Morgan fingerprint density at radius 1 is 1.14 bits per heavy atom. The molecule has 1 aromatic rings. The summed E-state index contributed by atoms with van der Waals surface area (Å²) in [5, 5.41) is 8.49. The van der Waals surface area contributed by atoms with Crippen molar-refractivity contribution in [3.63, 3.8) is 0 Å². The highest BCUT2D eigenvalue weighted by Gasteiger charge is 2.38. The van der Waals surface area contributed by atoms with E-state index in [-0.39, 0.29) is 18.1 Å². The molecule has 0 aliphatic rings. The summed E-state index contributed by atoms with van der Waals surface area (Å²) in [5.41, 5.74) is 1.74. The summed E-state index contributed by atoms with van der Waals surface area (Å²) in [5.74, 6) is 0. The second-order valence-electron chi connectivity index (χ2n) is 4.14. The SMILES string of the molecule is N#CC/C=C(\C=C/N)c1ccc(C(F)(F)F)cc1C(F)(F)F. The zero-order chi connectivity index (χ0) is 17.0. The maximum Gasteiger partial charge on any atom is 0.417 e. The summed E-state index contributed by atoms with van der Waals surface area (Å²) in [6.07, 6.45) is -6.89. The largest absolute Gasteiger partial charge is 0.417 e. The Labute approximate surface area is 122 Å². The highest BCUT2D eigenvalue weighted by atomic mass is 19.4. The zero-order valence-corrected chi connectivity index (χ0v) is 11.0. The molecule has 8 heteroatoms. The van der Waals surface area contributed by atoms with E-state index in [0.717, 1.165) is 24.4 Å². The fourth-order valence-electron chi connectivity index (χ4n) is 1.73. The smallest absolute Gasteiger partial charge is 0.405 e. The topological polar surface area (TPSA) is 49.8 Å². The molecular formula is C14H10F6N2. The lowest BCUT2D eigenvalue weighted by Gasteiger charge is -2.16. The van der Waals surface area contributed by atoms with E-state index in [1.54, 1.807) is 6.07 Å². The average Bonchev–Trinajstić information content (AvgIpc) is 2.41. The molecule has 0 radical (unpaired) electrons. The van der Waals surface area contributed by atoms with Crippen LogP contribution in [0.2, 0.25) is 0 Å². The summed E-state index contributed by atoms with van der Waals surface area (Å²) in [7, 11) is 0. The van der Waals surface area contributed by atoms with E-state index in [9.17, 15) is 26.3 Å². The van der Waals surface area contributed by atoms with Crippen LogP contribution >= 0.6 is 0 Å². The van der Waals surface area contributed by atoms with Gasteiger partial charge >= 0.3 is 12.4 Å². The number of benzene rings is 1. The molecule has 2 nitrogen and oxygen atoms in total. The molecule has 0 unspecified atom stereocenters. The van der Waals surface area contributed by atoms with Gasteiger partial charge in [0.15, 0.2) is 0 Å². The molecule has 0 aromatic heterocycles. The third-order valence-electron chi connectivity index (χ3n) is 2.65. The molecule has 2 N–H and O–H groups in total. The number of hydrogen-bond acceptors (Lipinski definition) is 2. The highest BCUT2D eigenvalue weighted by molar-refractivity contribution is 5.76. The van der Waals surface area contributed by atoms with E-state index < -0.39 is 29.0 Å². The van der Waals surface area contributed by atoms with Crippen molar-refractivity contribution in [1.29, 1.82) is 5.26 Å². The van der Waals surface area contributed by atoms with Crippen molar-refractivity contribution in [2.75, 3.05) is 0 Å². The molecule has 0 aliphatic heterocycles. The quantitative estimate of drug-likeness (QED) is 0.659. The van der Waals surface area contributed by atoms with Crippen molar-refractivity contribution in [3.05, 3.63) is 53.2 Å². The van der Waals surface area contributed by atoms with Crippen LogP contribution in [-0.2, 0) is 12.4 Å². The van der Waals surface area contributed by atoms with E-state index in [1.807, 2.05) is 0 Å². The molecule has 0 saturated heterocycles. The first-order valence-electron chi connectivity index (χ1n) is 5.85. The Balaban J connectivity index is 3.57. The number of nitriles is 1. The normalized spacial score (nSPS) is 13.4. The highest BCUT2D eigenvalue weighted by Crippen LogP contribution is 2.39. The Hall–Kier alpha value is -2.43. The average molecular weight is 320 g/mol. The minimum Gasteiger partial charge on any atom is -0.405 e. The Bertz CT molecular complexity index is 632. The van der Waals surface area contributed by atoms with Crippen molar-refractivity contribution < 1.29 is 26.3 Å². The van der Waals surface area contributed by atoms with Crippen LogP contribution < -0.4 is 5.73 Å². The van der Waals surface area contributed by atoms with Crippen LogP contribution in [0.5, 0.6) is 0 Å². The number of nitrogens with two attached hydrogens (primary N) is 1. The van der Waals surface area contributed by atoms with Crippen LogP contribution in [0.15, 0.2) is 36.6 Å². The van der Waals surface area contributed by atoms with Gasteiger partial charge in [-0.2, -0.15) is 31.6 Å². The van der Waals surface area contributed by atoms with Gasteiger partial charge in [0.25, 0.3) is 0 Å². The van der Waals surface area contributed by atoms with Gasteiger partial charge in [0.1, 0.15) is 0 Å². The van der Waals surface area contributed by atoms with Crippen LogP contribution in [-0.4, -0.2) is 0 Å². The molecule has 0 saturated carbocycles. The van der Waals surface area contributed by atoms with Crippen molar-refractivity contribution in [2.24, 2.45) is 5.73 Å². The van der Waals surface area contributed by atoms with Gasteiger partial charge in [0.05, 0.1) is 23.6 Å². The number of rotatable bonds is 3. The van der Waals surface area contributed by atoms with Gasteiger partial charge in [-0.15, -0.1) is 0 Å². The summed E-state index contributed by atoms with van der Waals surface area (Å²) in [4.78, 5) is 0. The van der Waals surface area contributed by atoms with E-state index in [1.165, 1.54) is 0 Å². The number of hydrogen-bond donors (Lipinski definition) is 1. The molecule has 1 rings (SSSR count). The molecular weight excluding hydrogens is 310 g/mol. The third kappa shape index (κ3) is 4.28. The van der Waals surface area contributed by atoms with Crippen LogP contribution in [0.3, 0.4) is 0 Å². The minimum atomic E-state index is -4.98. The van der Waals surface area contributed by atoms with Crippen LogP contribution in [0.25, 0.3) is 5.57 Å². The lowest BCUT2D eigenvalue weighted by Crippen LogP contribution is -2.13. The molecule has 0 aliphatic carbocycles. The fourth-order valence-corrected chi connectivity index (χ4v) is 1.73. The van der Waals surface area contributed by atoms with E-state index in [0.29, 0.717) is 6.07 Å². The number of alkyl halides is 6. The van der Waals surface area contributed by atoms with Crippen molar-refractivity contribution in [2.45, 2.75) is 18.8 Å². The maximum absolute atomic E-state index is 13.0. The third-order valence-corrected chi connectivity index (χ3v) is 2.65. The monoisotopic (exact) mass is 320 g/mol. The Morgan fingerprint density at radius 3 is 2.23 bits per heavy atom. The molecule has 0 atom stereocenters. The van der Waals surface area contributed by atoms with Gasteiger partial charge in [-0.3, -0.25) is 0 Å². The van der Waals surface area contributed by atoms with E-state index >= 15 is 0 Å².